The number of hydrogen-bond donors (Lipinski definition) is 0. The van der Waals surface area contributed by atoms with Crippen molar-refractivity contribution in [3.8, 4) is 0 Å². The molecule has 0 amide bonds. The SMILES string of the molecule is [CH]1C(CCC2=CC3=C([CH]2)CCCC3)=CC2=C1CCCC2. The molecule has 0 saturated heterocycles. The van der Waals surface area contributed by atoms with E-state index in [1.165, 1.54) is 64.2 Å². The van der Waals surface area contributed by atoms with Crippen molar-refractivity contribution >= 4 is 0 Å². The molecule has 20 heavy (non-hydrogen) atoms. The summed E-state index contributed by atoms with van der Waals surface area (Å²) in [6.07, 6.45) is 23.3. The second-order valence-electron chi connectivity index (χ2n) is 6.74. The highest BCUT2D eigenvalue weighted by Gasteiger charge is 2.21. The van der Waals surface area contributed by atoms with E-state index in [0.29, 0.717) is 0 Å². The van der Waals surface area contributed by atoms with E-state index in [2.05, 4.69) is 25.0 Å². The van der Waals surface area contributed by atoms with Crippen LogP contribution in [0.4, 0.5) is 0 Å². The smallest absolute Gasteiger partial charge is 0.0119 e. The van der Waals surface area contributed by atoms with Crippen LogP contribution in [-0.4, -0.2) is 0 Å². The van der Waals surface area contributed by atoms with E-state index in [0.717, 1.165) is 0 Å². The lowest BCUT2D eigenvalue weighted by atomic mass is 9.93. The molecule has 0 unspecified atom stereocenters. The van der Waals surface area contributed by atoms with Crippen LogP contribution in [0.5, 0.6) is 0 Å². The fraction of sp³-hybridized carbons (Fsp3) is 0.500. The van der Waals surface area contributed by atoms with Gasteiger partial charge >= 0.3 is 0 Å². The molecule has 0 saturated carbocycles. The van der Waals surface area contributed by atoms with Crippen LogP contribution < -0.4 is 0 Å². The summed E-state index contributed by atoms with van der Waals surface area (Å²) in [6, 6.07) is 0. The van der Waals surface area contributed by atoms with Crippen molar-refractivity contribution in [1.29, 1.82) is 0 Å². The molecular weight excluding hydrogens is 240 g/mol. The van der Waals surface area contributed by atoms with E-state index < -0.39 is 0 Å². The van der Waals surface area contributed by atoms with Crippen LogP contribution in [0.3, 0.4) is 0 Å². The lowest BCUT2D eigenvalue weighted by molar-refractivity contribution is 0.693. The molecule has 0 aromatic heterocycles. The highest BCUT2D eigenvalue weighted by molar-refractivity contribution is 5.51. The molecule has 0 aromatic rings. The van der Waals surface area contributed by atoms with Gasteiger partial charge in [-0.05, 0) is 75.4 Å². The Labute approximate surface area is 123 Å². The molecule has 0 atom stereocenters. The maximum absolute atomic E-state index is 2.48. The Bertz CT molecular complexity index is 486. The first-order chi connectivity index (χ1) is 9.88. The summed E-state index contributed by atoms with van der Waals surface area (Å²) in [7, 11) is 0. The van der Waals surface area contributed by atoms with Gasteiger partial charge in [-0.15, -0.1) is 0 Å². The van der Waals surface area contributed by atoms with Crippen molar-refractivity contribution in [2.24, 2.45) is 0 Å². The van der Waals surface area contributed by atoms with E-state index in [1.54, 1.807) is 33.4 Å². The number of allylic oxidation sites excluding steroid dienone is 8. The maximum Gasteiger partial charge on any atom is 0.0119 e. The second kappa shape index (κ2) is 5.39. The molecule has 0 bridgehead atoms. The Morgan fingerprint density at radius 2 is 0.950 bits per heavy atom. The second-order valence-corrected chi connectivity index (χ2v) is 6.74. The van der Waals surface area contributed by atoms with E-state index in [4.69, 9.17) is 0 Å². The Hall–Kier alpha value is -1.04. The normalized spacial score (nSPS) is 25.6. The van der Waals surface area contributed by atoms with Gasteiger partial charge in [-0.25, -0.2) is 0 Å². The first-order valence-electron chi connectivity index (χ1n) is 8.43. The zero-order valence-electron chi connectivity index (χ0n) is 12.4. The molecule has 0 spiro atoms. The van der Waals surface area contributed by atoms with Gasteiger partial charge in [0.15, 0.2) is 0 Å². The van der Waals surface area contributed by atoms with E-state index in [9.17, 15) is 0 Å². The fourth-order valence-electron chi connectivity index (χ4n) is 4.12. The molecule has 0 heterocycles. The highest BCUT2D eigenvalue weighted by atomic mass is 14.3. The predicted octanol–water partition coefficient (Wildman–Crippen LogP) is 5.80. The molecule has 2 radical (unpaired) electrons. The van der Waals surface area contributed by atoms with Crippen molar-refractivity contribution in [1.82, 2.24) is 0 Å². The zero-order chi connectivity index (χ0) is 13.4. The highest BCUT2D eigenvalue weighted by Crippen LogP contribution is 2.40. The van der Waals surface area contributed by atoms with E-state index in [-0.39, 0.29) is 0 Å². The molecule has 4 aliphatic carbocycles. The van der Waals surface area contributed by atoms with Crippen LogP contribution in [0.2, 0.25) is 0 Å². The summed E-state index contributed by atoms with van der Waals surface area (Å²) >= 11 is 0. The van der Waals surface area contributed by atoms with Gasteiger partial charge in [0.1, 0.15) is 0 Å². The third kappa shape index (κ3) is 2.45. The van der Waals surface area contributed by atoms with Crippen LogP contribution in [0.25, 0.3) is 0 Å². The van der Waals surface area contributed by atoms with Gasteiger partial charge in [-0.1, -0.05) is 34.4 Å². The van der Waals surface area contributed by atoms with Gasteiger partial charge in [0.05, 0.1) is 0 Å². The van der Waals surface area contributed by atoms with Crippen LogP contribution >= 0.6 is 0 Å². The predicted molar refractivity (Wildman–Crippen MR) is 85.0 cm³/mol. The first kappa shape index (κ1) is 12.7. The maximum atomic E-state index is 2.48. The minimum atomic E-state index is 1.23. The fourth-order valence-corrected chi connectivity index (χ4v) is 4.12. The average molecular weight is 264 g/mol. The largest absolute Gasteiger partial charge is 0.0615 e. The molecule has 4 rings (SSSR count). The third-order valence-corrected chi connectivity index (χ3v) is 5.25. The van der Waals surface area contributed by atoms with Gasteiger partial charge in [-0.3, -0.25) is 0 Å². The van der Waals surface area contributed by atoms with Crippen molar-refractivity contribution in [3.05, 3.63) is 58.4 Å². The summed E-state index contributed by atoms with van der Waals surface area (Å²) in [5.74, 6) is 0. The quantitative estimate of drug-likeness (QED) is 0.604. The van der Waals surface area contributed by atoms with Crippen LogP contribution in [0.15, 0.2) is 45.6 Å². The molecule has 104 valence electrons. The standard InChI is InChI=1S/C20H24/c1-2-6-18-12-15(11-17(18)5-1)9-10-16-13-19-7-3-4-8-20(19)14-16/h11-14H,1-10H2. The molecule has 0 aliphatic heterocycles. The third-order valence-electron chi connectivity index (χ3n) is 5.25. The summed E-state index contributed by atoms with van der Waals surface area (Å²) in [5.41, 5.74) is 9.74. The van der Waals surface area contributed by atoms with Crippen LogP contribution in [0.1, 0.15) is 64.2 Å². The monoisotopic (exact) mass is 264 g/mol. The Morgan fingerprint density at radius 1 is 0.550 bits per heavy atom. The molecule has 0 heteroatoms. The van der Waals surface area contributed by atoms with Gasteiger partial charge in [0, 0.05) is 12.8 Å². The first-order valence-corrected chi connectivity index (χ1v) is 8.43. The minimum Gasteiger partial charge on any atom is -0.0615 e. The van der Waals surface area contributed by atoms with Gasteiger partial charge in [0.2, 0.25) is 0 Å². The van der Waals surface area contributed by atoms with E-state index >= 15 is 0 Å². The molecule has 4 aliphatic rings. The molecular formula is C20H24. The summed E-state index contributed by atoms with van der Waals surface area (Å²) in [6.45, 7) is 0. The molecule has 0 nitrogen and oxygen atoms in total. The lowest BCUT2D eigenvalue weighted by Gasteiger charge is -2.12. The van der Waals surface area contributed by atoms with Crippen LogP contribution in [-0.2, 0) is 0 Å². The molecule has 0 fully saturated rings. The van der Waals surface area contributed by atoms with Gasteiger partial charge in [0.25, 0.3) is 0 Å². The summed E-state index contributed by atoms with van der Waals surface area (Å²) < 4.78 is 0. The molecule has 0 N–H and O–H groups in total. The minimum absolute atomic E-state index is 1.23. The summed E-state index contributed by atoms with van der Waals surface area (Å²) in [4.78, 5) is 0. The van der Waals surface area contributed by atoms with Crippen molar-refractivity contribution in [2.45, 2.75) is 64.2 Å². The Kier molecular flexibility index (Phi) is 3.42. The molecule has 0 aromatic carbocycles. The van der Waals surface area contributed by atoms with Gasteiger partial charge < -0.3 is 0 Å². The Morgan fingerprint density at radius 3 is 1.35 bits per heavy atom. The van der Waals surface area contributed by atoms with Crippen LogP contribution in [0, 0.1) is 12.8 Å². The average Bonchev–Trinajstić information content (AvgIpc) is 3.07. The topological polar surface area (TPSA) is 0 Å². The zero-order valence-corrected chi connectivity index (χ0v) is 12.4. The van der Waals surface area contributed by atoms with Crippen molar-refractivity contribution in [3.63, 3.8) is 0 Å². The Balaban J connectivity index is 1.32. The van der Waals surface area contributed by atoms with Crippen molar-refractivity contribution in [2.75, 3.05) is 0 Å². The summed E-state index contributed by atoms with van der Waals surface area (Å²) in [5, 5.41) is 0. The number of rotatable bonds is 3. The van der Waals surface area contributed by atoms with Crippen molar-refractivity contribution < 1.29 is 0 Å². The number of hydrogen-bond acceptors (Lipinski definition) is 0. The lowest BCUT2D eigenvalue weighted by Crippen LogP contribution is -1.94. The van der Waals surface area contributed by atoms with Gasteiger partial charge in [-0.2, -0.15) is 0 Å². The van der Waals surface area contributed by atoms with E-state index in [1.807, 2.05) is 0 Å².